The fourth-order valence-corrected chi connectivity index (χ4v) is 1.36. The molecule has 1 atom stereocenters. The number of rotatable bonds is 2. The molecular formula is C10H18N2. The number of hydrogen-bond donors (Lipinski definition) is 1. The van der Waals surface area contributed by atoms with Crippen LogP contribution in [0, 0.1) is 12.8 Å². The Morgan fingerprint density at radius 2 is 2.33 bits per heavy atom. The van der Waals surface area contributed by atoms with Crippen LogP contribution in [0.2, 0.25) is 0 Å². The zero-order valence-corrected chi connectivity index (χ0v) is 7.79. The van der Waals surface area contributed by atoms with Gasteiger partial charge in [-0.25, -0.2) is 0 Å². The number of nitrogens with one attached hydrogen (secondary N) is 1. The summed E-state index contributed by atoms with van der Waals surface area (Å²) in [6, 6.07) is 0.647. The van der Waals surface area contributed by atoms with Gasteiger partial charge in [-0.3, -0.25) is 4.90 Å². The zero-order chi connectivity index (χ0) is 9.40. The summed E-state index contributed by atoms with van der Waals surface area (Å²) < 4.78 is 0. The van der Waals surface area contributed by atoms with Crippen molar-refractivity contribution in [2.45, 2.75) is 13.0 Å². The number of terminal acetylenes is 1. The second-order valence-electron chi connectivity index (χ2n) is 2.90. The van der Waals surface area contributed by atoms with Gasteiger partial charge in [0.25, 0.3) is 0 Å². The van der Waals surface area contributed by atoms with E-state index >= 15 is 0 Å². The van der Waals surface area contributed by atoms with E-state index in [0.717, 1.165) is 26.2 Å². The maximum absolute atomic E-state index is 4.00. The van der Waals surface area contributed by atoms with Gasteiger partial charge >= 0.3 is 0 Å². The van der Waals surface area contributed by atoms with E-state index in [9.17, 15) is 0 Å². The average molecular weight is 166 g/mol. The maximum Gasteiger partial charge on any atom is 0.0167 e. The summed E-state index contributed by atoms with van der Waals surface area (Å²) in [5.41, 5.74) is 0. The van der Waals surface area contributed by atoms with Crippen molar-refractivity contribution < 1.29 is 0 Å². The molecule has 1 N–H and O–H groups in total. The molecular weight excluding hydrogens is 148 g/mol. The zero-order valence-electron chi connectivity index (χ0n) is 7.79. The smallest absolute Gasteiger partial charge is 0.0167 e. The van der Waals surface area contributed by atoms with E-state index < -0.39 is 0 Å². The van der Waals surface area contributed by atoms with Gasteiger partial charge in [0.15, 0.2) is 0 Å². The third-order valence-electron chi connectivity index (χ3n) is 1.84. The number of nitrogens with zero attached hydrogens (tertiary/aromatic N) is 1. The molecule has 68 valence electrons. The molecule has 0 aliphatic carbocycles. The van der Waals surface area contributed by atoms with Crippen LogP contribution in [-0.2, 0) is 0 Å². The van der Waals surface area contributed by atoms with Gasteiger partial charge in [-0.15, -0.1) is 19.4 Å². The normalized spacial score (nSPS) is 23.8. The summed E-state index contributed by atoms with van der Waals surface area (Å²) in [4.78, 5) is 2.41. The molecule has 1 aliphatic rings. The highest BCUT2D eigenvalue weighted by atomic mass is 15.2. The topological polar surface area (TPSA) is 15.3 Å². The quantitative estimate of drug-likeness (QED) is 0.480. The molecule has 2 nitrogen and oxygen atoms in total. The summed E-state index contributed by atoms with van der Waals surface area (Å²) >= 11 is 0. The van der Waals surface area contributed by atoms with Crippen LogP contribution in [0.1, 0.15) is 6.92 Å². The molecule has 0 aromatic carbocycles. The van der Waals surface area contributed by atoms with E-state index in [4.69, 9.17) is 0 Å². The molecule has 0 aromatic heterocycles. The Hall–Kier alpha value is -0.780. The Bertz CT molecular complexity index is 140. The SMILES string of the molecule is C#C.C=CCN1CCN[C@@H](C)C1. The third kappa shape index (κ3) is 4.17. The highest BCUT2D eigenvalue weighted by Gasteiger charge is 2.12. The minimum atomic E-state index is 0.647. The van der Waals surface area contributed by atoms with Crippen LogP contribution in [0.5, 0.6) is 0 Å². The lowest BCUT2D eigenvalue weighted by molar-refractivity contribution is 0.226. The van der Waals surface area contributed by atoms with E-state index in [-0.39, 0.29) is 0 Å². The van der Waals surface area contributed by atoms with Gasteiger partial charge in [0.2, 0.25) is 0 Å². The lowest BCUT2D eigenvalue weighted by Crippen LogP contribution is -2.49. The lowest BCUT2D eigenvalue weighted by Gasteiger charge is -2.30. The first-order valence-electron chi connectivity index (χ1n) is 4.23. The highest BCUT2D eigenvalue weighted by Crippen LogP contribution is 1.96. The maximum atomic E-state index is 4.00. The van der Waals surface area contributed by atoms with Crippen LogP contribution in [0.3, 0.4) is 0 Å². The molecule has 1 fully saturated rings. The van der Waals surface area contributed by atoms with E-state index in [1.54, 1.807) is 0 Å². The molecule has 0 unspecified atom stereocenters. The third-order valence-corrected chi connectivity index (χ3v) is 1.84. The first kappa shape index (κ1) is 11.2. The van der Waals surface area contributed by atoms with Crippen LogP contribution >= 0.6 is 0 Å². The predicted octanol–water partition coefficient (Wildman–Crippen LogP) is 0.715. The standard InChI is InChI=1S/C8H16N2.C2H2/c1-3-5-10-6-4-9-8(2)7-10;1-2/h3,8-9H,1,4-7H2,2H3;1-2H/t8-;/m0./s1. The second kappa shape index (κ2) is 6.90. The van der Waals surface area contributed by atoms with Gasteiger partial charge < -0.3 is 5.32 Å². The molecule has 2 heteroatoms. The Kier molecular flexibility index (Phi) is 6.45. The first-order chi connectivity index (χ1) is 5.83. The van der Waals surface area contributed by atoms with E-state index in [0.29, 0.717) is 6.04 Å². The molecule has 1 saturated heterocycles. The molecule has 12 heavy (non-hydrogen) atoms. The van der Waals surface area contributed by atoms with Gasteiger partial charge in [0, 0.05) is 32.2 Å². The van der Waals surface area contributed by atoms with Gasteiger partial charge in [0.1, 0.15) is 0 Å². The van der Waals surface area contributed by atoms with Crippen molar-refractivity contribution >= 4 is 0 Å². The summed E-state index contributed by atoms with van der Waals surface area (Å²) in [5.74, 6) is 0. The lowest BCUT2D eigenvalue weighted by atomic mass is 10.2. The largest absolute Gasteiger partial charge is 0.312 e. The molecule has 0 bridgehead atoms. The summed E-state index contributed by atoms with van der Waals surface area (Å²) in [7, 11) is 0. The predicted molar refractivity (Wildman–Crippen MR) is 54.0 cm³/mol. The molecule has 1 heterocycles. The van der Waals surface area contributed by atoms with Crippen molar-refractivity contribution in [1.29, 1.82) is 0 Å². The van der Waals surface area contributed by atoms with Crippen molar-refractivity contribution in [3.8, 4) is 12.8 Å². The number of piperazine rings is 1. The van der Waals surface area contributed by atoms with Crippen molar-refractivity contribution in [2.75, 3.05) is 26.2 Å². The van der Waals surface area contributed by atoms with Crippen LogP contribution < -0.4 is 5.32 Å². The Morgan fingerprint density at radius 3 is 2.83 bits per heavy atom. The minimum Gasteiger partial charge on any atom is -0.312 e. The summed E-state index contributed by atoms with van der Waals surface area (Å²) in [6.45, 7) is 10.4. The fraction of sp³-hybridized carbons (Fsp3) is 0.600. The second-order valence-corrected chi connectivity index (χ2v) is 2.90. The van der Waals surface area contributed by atoms with Gasteiger partial charge in [-0.2, -0.15) is 0 Å². The van der Waals surface area contributed by atoms with Gasteiger partial charge in [0.05, 0.1) is 0 Å². The van der Waals surface area contributed by atoms with Crippen molar-refractivity contribution in [2.24, 2.45) is 0 Å². The van der Waals surface area contributed by atoms with Crippen LogP contribution in [0.4, 0.5) is 0 Å². The molecule has 0 radical (unpaired) electrons. The van der Waals surface area contributed by atoms with Crippen molar-refractivity contribution in [1.82, 2.24) is 10.2 Å². The monoisotopic (exact) mass is 166 g/mol. The van der Waals surface area contributed by atoms with Crippen LogP contribution in [0.25, 0.3) is 0 Å². The Balaban J connectivity index is 0.000000561. The molecule has 1 rings (SSSR count). The van der Waals surface area contributed by atoms with E-state index in [2.05, 4.69) is 36.6 Å². The first-order valence-corrected chi connectivity index (χ1v) is 4.23. The summed E-state index contributed by atoms with van der Waals surface area (Å²) in [5, 5.41) is 3.39. The van der Waals surface area contributed by atoms with Crippen molar-refractivity contribution in [3.05, 3.63) is 12.7 Å². The number of hydrogen-bond acceptors (Lipinski definition) is 2. The Labute approximate surface area is 75.6 Å². The van der Waals surface area contributed by atoms with Gasteiger partial charge in [-0.05, 0) is 6.92 Å². The molecule has 1 aliphatic heterocycles. The molecule has 0 spiro atoms. The van der Waals surface area contributed by atoms with Gasteiger partial charge in [-0.1, -0.05) is 6.08 Å². The van der Waals surface area contributed by atoms with Crippen LogP contribution in [-0.4, -0.2) is 37.1 Å². The fourth-order valence-electron chi connectivity index (χ4n) is 1.36. The molecule has 0 aromatic rings. The van der Waals surface area contributed by atoms with E-state index in [1.807, 2.05) is 6.08 Å². The highest BCUT2D eigenvalue weighted by molar-refractivity contribution is 4.80. The Morgan fingerprint density at radius 1 is 1.67 bits per heavy atom. The summed E-state index contributed by atoms with van der Waals surface area (Å²) in [6.07, 6.45) is 9.97. The van der Waals surface area contributed by atoms with Crippen LogP contribution in [0.15, 0.2) is 12.7 Å². The molecule has 0 saturated carbocycles. The van der Waals surface area contributed by atoms with Crippen molar-refractivity contribution in [3.63, 3.8) is 0 Å². The average Bonchev–Trinajstić information content (AvgIpc) is 2.09. The minimum absolute atomic E-state index is 0.647. The van der Waals surface area contributed by atoms with E-state index in [1.165, 1.54) is 0 Å². The molecule has 0 amide bonds.